The van der Waals surface area contributed by atoms with Crippen molar-refractivity contribution in [2.45, 2.75) is 24.8 Å². The number of hydrogen-bond donors (Lipinski definition) is 1. The lowest BCUT2D eigenvalue weighted by atomic mass is 9.77. The number of piperidine rings is 1. The highest BCUT2D eigenvalue weighted by Gasteiger charge is 2.55. The largest absolute Gasteiger partial charge is 0.481 e. The Morgan fingerprint density at radius 3 is 2.42 bits per heavy atom. The number of para-hydroxylation sites is 1. The van der Waals surface area contributed by atoms with Gasteiger partial charge in [-0.1, -0.05) is 18.2 Å². The van der Waals surface area contributed by atoms with Crippen LogP contribution in [0.2, 0.25) is 0 Å². The van der Waals surface area contributed by atoms with Gasteiger partial charge in [0.2, 0.25) is 11.8 Å². The zero-order valence-corrected chi connectivity index (χ0v) is 15.2. The molecule has 0 aliphatic carbocycles. The summed E-state index contributed by atoms with van der Waals surface area (Å²) in [5.74, 6) is -1.68. The quantitative estimate of drug-likeness (QED) is 0.869. The van der Waals surface area contributed by atoms with Crippen LogP contribution >= 0.6 is 0 Å². The molecule has 0 radical (unpaired) electrons. The molecule has 1 spiro atoms. The minimum atomic E-state index is -0.906. The molecule has 2 amide bonds. The Morgan fingerprint density at radius 1 is 1.23 bits per heavy atom. The summed E-state index contributed by atoms with van der Waals surface area (Å²) in [6.07, 6.45) is 1.23. The third-order valence-electron chi connectivity index (χ3n) is 5.97. The van der Waals surface area contributed by atoms with Gasteiger partial charge in [0.25, 0.3) is 0 Å². The van der Waals surface area contributed by atoms with Crippen LogP contribution in [0.1, 0.15) is 19.3 Å². The predicted molar refractivity (Wildman–Crippen MR) is 96.8 cm³/mol. The number of carbonyl (C=O) groups is 3. The zero-order valence-electron chi connectivity index (χ0n) is 15.2. The highest BCUT2D eigenvalue weighted by Crippen LogP contribution is 2.42. The van der Waals surface area contributed by atoms with Gasteiger partial charge in [-0.2, -0.15) is 0 Å². The van der Waals surface area contributed by atoms with Gasteiger partial charge in [-0.25, -0.2) is 0 Å². The number of hydrogen-bond acceptors (Lipinski definition) is 4. The number of anilines is 1. The number of nitrogens with zero attached hydrogens (tertiary/aromatic N) is 3. The molecular formula is C19H25N3O4. The summed E-state index contributed by atoms with van der Waals surface area (Å²) >= 11 is 0. The first-order valence-corrected chi connectivity index (χ1v) is 8.88. The van der Waals surface area contributed by atoms with Crippen LogP contribution in [0.25, 0.3) is 0 Å². The fraction of sp³-hybridized carbons (Fsp3) is 0.526. The van der Waals surface area contributed by atoms with Crippen LogP contribution in [-0.2, 0) is 14.4 Å². The van der Waals surface area contributed by atoms with Crippen LogP contribution in [0, 0.1) is 5.92 Å². The van der Waals surface area contributed by atoms with Crippen molar-refractivity contribution < 1.29 is 19.5 Å². The first-order chi connectivity index (χ1) is 12.3. The molecule has 1 atom stereocenters. The van der Waals surface area contributed by atoms with Gasteiger partial charge in [-0.15, -0.1) is 0 Å². The molecule has 2 aliphatic heterocycles. The van der Waals surface area contributed by atoms with Crippen molar-refractivity contribution >= 4 is 23.5 Å². The number of likely N-dealkylation sites (N-methyl/N-ethyl adjacent to an activating group) is 1. The van der Waals surface area contributed by atoms with E-state index in [9.17, 15) is 19.5 Å². The Hall–Kier alpha value is -2.41. The Morgan fingerprint density at radius 2 is 1.85 bits per heavy atom. The molecule has 0 aromatic heterocycles. The highest BCUT2D eigenvalue weighted by molar-refractivity contribution is 5.94. The number of rotatable bonds is 4. The Balaban J connectivity index is 1.62. The summed E-state index contributed by atoms with van der Waals surface area (Å²) < 4.78 is 0. The molecule has 1 aromatic carbocycles. The van der Waals surface area contributed by atoms with Gasteiger partial charge in [0.1, 0.15) is 0 Å². The third-order valence-corrected chi connectivity index (χ3v) is 5.97. The second kappa shape index (κ2) is 7.07. The van der Waals surface area contributed by atoms with Gasteiger partial charge >= 0.3 is 5.97 Å². The molecule has 2 saturated heterocycles. The maximum atomic E-state index is 12.5. The number of carboxylic acid groups (broad SMARTS) is 1. The van der Waals surface area contributed by atoms with Gasteiger partial charge in [0.05, 0.1) is 18.0 Å². The van der Waals surface area contributed by atoms with E-state index >= 15 is 0 Å². The molecule has 1 aromatic rings. The van der Waals surface area contributed by atoms with E-state index in [0.29, 0.717) is 25.9 Å². The first-order valence-electron chi connectivity index (χ1n) is 8.88. The zero-order chi connectivity index (χ0) is 18.9. The number of amides is 2. The molecule has 7 nitrogen and oxygen atoms in total. The molecule has 0 unspecified atom stereocenters. The van der Waals surface area contributed by atoms with Gasteiger partial charge in [-0.05, 0) is 25.0 Å². The Labute approximate surface area is 153 Å². The second-order valence-electron chi connectivity index (χ2n) is 7.22. The third kappa shape index (κ3) is 3.19. The van der Waals surface area contributed by atoms with Crippen LogP contribution in [0.15, 0.2) is 30.3 Å². The maximum Gasteiger partial charge on any atom is 0.309 e. The average Bonchev–Trinajstić information content (AvgIpc) is 2.89. The van der Waals surface area contributed by atoms with Crippen LogP contribution in [0.4, 0.5) is 5.69 Å². The lowest BCUT2D eigenvalue weighted by molar-refractivity contribution is -0.146. The van der Waals surface area contributed by atoms with E-state index in [4.69, 9.17) is 0 Å². The van der Waals surface area contributed by atoms with Crippen molar-refractivity contribution in [2.24, 2.45) is 5.92 Å². The second-order valence-corrected chi connectivity index (χ2v) is 7.22. The molecule has 2 heterocycles. The number of likely N-dealkylation sites (tertiary alicyclic amines) is 2. The fourth-order valence-corrected chi connectivity index (χ4v) is 4.18. The van der Waals surface area contributed by atoms with Gasteiger partial charge < -0.3 is 14.9 Å². The fourth-order valence-electron chi connectivity index (χ4n) is 4.18. The van der Waals surface area contributed by atoms with Crippen LogP contribution in [0.5, 0.6) is 0 Å². The summed E-state index contributed by atoms with van der Waals surface area (Å²) in [6, 6.07) is 9.47. The van der Waals surface area contributed by atoms with Crippen LogP contribution < -0.4 is 4.90 Å². The summed E-state index contributed by atoms with van der Waals surface area (Å²) in [5.41, 5.74) is 0.228. The van der Waals surface area contributed by atoms with E-state index in [0.717, 1.165) is 5.69 Å². The van der Waals surface area contributed by atoms with Crippen molar-refractivity contribution in [3.8, 4) is 0 Å². The highest BCUT2D eigenvalue weighted by atomic mass is 16.4. The van der Waals surface area contributed by atoms with E-state index in [2.05, 4.69) is 0 Å². The SMILES string of the molecule is CN(C(=O)CN1CCC2(CC1)[C@H](C(=O)O)CC(=O)N2C)c1ccccc1. The summed E-state index contributed by atoms with van der Waals surface area (Å²) in [7, 11) is 3.46. The van der Waals surface area contributed by atoms with Crippen molar-refractivity contribution in [1.82, 2.24) is 9.80 Å². The maximum absolute atomic E-state index is 12.5. The van der Waals surface area contributed by atoms with E-state index in [1.807, 2.05) is 35.2 Å². The van der Waals surface area contributed by atoms with Crippen molar-refractivity contribution in [3.05, 3.63) is 30.3 Å². The minimum absolute atomic E-state index is 0.00205. The molecule has 2 fully saturated rings. The molecule has 0 saturated carbocycles. The Kier molecular flexibility index (Phi) is 5.00. The molecular weight excluding hydrogens is 334 g/mol. The molecule has 26 heavy (non-hydrogen) atoms. The molecule has 0 bridgehead atoms. The van der Waals surface area contributed by atoms with Crippen molar-refractivity contribution in [2.75, 3.05) is 38.6 Å². The van der Waals surface area contributed by atoms with E-state index in [1.54, 1.807) is 23.9 Å². The van der Waals surface area contributed by atoms with Crippen LogP contribution in [0.3, 0.4) is 0 Å². The molecule has 140 valence electrons. The van der Waals surface area contributed by atoms with Crippen molar-refractivity contribution in [3.63, 3.8) is 0 Å². The molecule has 2 aliphatic rings. The topological polar surface area (TPSA) is 81.2 Å². The smallest absolute Gasteiger partial charge is 0.309 e. The molecule has 7 heteroatoms. The number of benzene rings is 1. The van der Waals surface area contributed by atoms with E-state index in [1.165, 1.54) is 0 Å². The minimum Gasteiger partial charge on any atom is -0.481 e. The molecule has 3 rings (SSSR count). The number of aliphatic carboxylic acids is 1. The summed E-state index contributed by atoms with van der Waals surface area (Å²) in [6.45, 7) is 1.50. The van der Waals surface area contributed by atoms with Gasteiger partial charge in [0.15, 0.2) is 0 Å². The van der Waals surface area contributed by atoms with E-state index in [-0.39, 0.29) is 24.8 Å². The number of carboxylic acids is 1. The van der Waals surface area contributed by atoms with Crippen LogP contribution in [-0.4, -0.2) is 72.0 Å². The normalized spacial score (nSPS) is 22.6. The van der Waals surface area contributed by atoms with Gasteiger partial charge in [-0.3, -0.25) is 19.3 Å². The lowest BCUT2D eigenvalue weighted by Crippen LogP contribution is -2.57. The van der Waals surface area contributed by atoms with Crippen molar-refractivity contribution in [1.29, 1.82) is 0 Å². The first kappa shape index (κ1) is 18.4. The number of carbonyl (C=O) groups excluding carboxylic acids is 2. The predicted octanol–water partition coefficient (Wildman–Crippen LogP) is 1.05. The lowest BCUT2D eigenvalue weighted by Gasteiger charge is -2.45. The van der Waals surface area contributed by atoms with Gasteiger partial charge in [0, 0.05) is 39.3 Å². The summed E-state index contributed by atoms with van der Waals surface area (Å²) in [4.78, 5) is 41.5. The standard InChI is InChI=1S/C19H25N3O4/c1-20(14-6-4-3-5-7-14)17(24)13-22-10-8-19(9-11-22)15(18(25)26)12-16(23)21(19)2/h3-7,15H,8-13H2,1-2H3,(H,25,26)/t15-/m0/s1. The average molecular weight is 359 g/mol. The van der Waals surface area contributed by atoms with E-state index < -0.39 is 17.4 Å². The molecule has 1 N–H and O–H groups in total. The monoisotopic (exact) mass is 359 g/mol. The summed E-state index contributed by atoms with van der Waals surface area (Å²) in [5, 5.41) is 9.52. The Bertz CT molecular complexity index is 698.